The molecule has 0 bridgehead atoms. The van der Waals surface area contributed by atoms with Gasteiger partial charge in [-0.15, -0.1) is 0 Å². The lowest BCUT2D eigenvalue weighted by atomic mass is 9.68. The van der Waals surface area contributed by atoms with E-state index < -0.39 is 0 Å². The minimum absolute atomic E-state index is 0.0449. The Morgan fingerprint density at radius 2 is 1.71 bits per heavy atom. The molecule has 0 spiro atoms. The van der Waals surface area contributed by atoms with Crippen LogP contribution >= 0.6 is 0 Å². The van der Waals surface area contributed by atoms with Crippen LogP contribution in [0.3, 0.4) is 0 Å². The Labute approximate surface area is 164 Å². The second-order valence-corrected chi connectivity index (χ2v) is 8.73. The number of ketones is 1. The highest BCUT2D eigenvalue weighted by atomic mass is 16.3. The number of carbonyl (C=O) groups is 1. The summed E-state index contributed by atoms with van der Waals surface area (Å²) in [5.74, 6) is 0.332. The van der Waals surface area contributed by atoms with Crippen LogP contribution in [0.4, 0.5) is 5.69 Å². The normalized spacial score (nSPS) is 20.5. The van der Waals surface area contributed by atoms with Gasteiger partial charge in [-0.1, -0.05) is 56.3 Å². The molecule has 3 aromatic carbocycles. The summed E-state index contributed by atoms with van der Waals surface area (Å²) in [5, 5.41) is 15.7. The average Bonchev–Trinajstić information content (AvgIpc) is 2.66. The van der Waals surface area contributed by atoms with Gasteiger partial charge in [0.1, 0.15) is 5.75 Å². The number of Topliss-reactive ketones (excluding diaryl/α,β-unsaturated/α-hetero) is 1. The molecule has 0 radical (unpaired) electrons. The van der Waals surface area contributed by atoms with Crippen molar-refractivity contribution in [1.82, 2.24) is 0 Å². The van der Waals surface area contributed by atoms with E-state index in [1.165, 1.54) is 5.39 Å². The van der Waals surface area contributed by atoms with Crippen LogP contribution < -0.4 is 5.32 Å². The average molecular weight is 369 g/mol. The van der Waals surface area contributed by atoms with Crippen molar-refractivity contribution in [1.29, 1.82) is 0 Å². The van der Waals surface area contributed by atoms with E-state index in [9.17, 15) is 9.90 Å². The lowest BCUT2D eigenvalue weighted by Gasteiger charge is -2.40. The topological polar surface area (TPSA) is 49.3 Å². The SMILES string of the molecule is CC1(C)CC(=O)C2=C(C1)Nc1ccc3ccccc3c1C2c1ccc(O)cc1. The third kappa shape index (κ3) is 2.62. The monoisotopic (exact) mass is 369 g/mol. The zero-order chi connectivity index (χ0) is 19.5. The summed E-state index contributed by atoms with van der Waals surface area (Å²) >= 11 is 0. The smallest absolute Gasteiger partial charge is 0.162 e. The number of allylic oxidation sites excluding steroid dienone is 2. The van der Waals surface area contributed by atoms with E-state index in [-0.39, 0.29) is 22.9 Å². The minimum Gasteiger partial charge on any atom is -0.508 e. The van der Waals surface area contributed by atoms with Crippen molar-refractivity contribution < 1.29 is 9.90 Å². The van der Waals surface area contributed by atoms with Gasteiger partial charge in [0.05, 0.1) is 0 Å². The summed E-state index contributed by atoms with van der Waals surface area (Å²) < 4.78 is 0. The summed E-state index contributed by atoms with van der Waals surface area (Å²) in [6.45, 7) is 4.31. The molecule has 0 amide bonds. The molecule has 140 valence electrons. The molecule has 3 nitrogen and oxygen atoms in total. The van der Waals surface area contributed by atoms with Gasteiger partial charge in [0, 0.05) is 29.3 Å². The molecule has 3 heteroatoms. The molecule has 28 heavy (non-hydrogen) atoms. The van der Waals surface area contributed by atoms with E-state index in [1.807, 2.05) is 24.3 Å². The van der Waals surface area contributed by atoms with Crippen molar-refractivity contribution in [2.75, 3.05) is 5.32 Å². The zero-order valence-corrected chi connectivity index (χ0v) is 16.1. The quantitative estimate of drug-likeness (QED) is 0.574. The number of rotatable bonds is 1. The number of phenolic OH excluding ortho intramolecular Hbond substituents is 1. The van der Waals surface area contributed by atoms with Crippen LogP contribution in [0.1, 0.15) is 43.7 Å². The van der Waals surface area contributed by atoms with Crippen molar-refractivity contribution in [3.8, 4) is 5.75 Å². The van der Waals surface area contributed by atoms with Gasteiger partial charge in [-0.25, -0.2) is 0 Å². The molecular formula is C25H23NO2. The Hall–Kier alpha value is -3.07. The maximum absolute atomic E-state index is 13.3. The highest BCUT2D eigenvalue weighted by Crippen LogP contribution is 2.50. The fourth-order valence-corrected chi connectivity index (χ4v) is 4.80. The molecule has 1 heterocycles. The van der Waals surface area contributed by atoms with Crippen LogP contribution in [0.25, 0.3) is 10.8 Å². The number of carbonyl (C=O) groups excluding carboxylic acids is 1. The van der Waals surface area contributed by atoms with Crippen molar-refractivity contribution in [2.45, 2.75) is 32.6 Å². The Kier molecular flexibility index (Phi) is 3.63. The number of anilines is 1. The molecule has 5 rings (SSSR count). The number of fused-ring (bicyclic) bond motifs is 3. The fraction of sp³-hybridized carbons (Fsp3) is 0.240. The predicted octanol–water partition coefficient (Wildman–Crippen LogP) is 5.75. The van der Waals surface area contributed by atoms with E-state index in [4.69, 9.17) is 0 Å². The van der Waals surface area contributed by atoms with Gasteiger partial charge in [-0.05, 0) is 51.9 Å². The third-order valence-corrected chi connectivity index (χ3v) is 5.98. The molecule has 0 fully saturated rings. The summed E-state index contributed by atoms with van der Waals surface area (Å²) in [5.41, 5.74) is 5.14. The van der Waals surface area contributed by atoms with Crippen LogP contribution in [0.15, 0.2) is 71.9 Å². The first-order valence-corrected chi connectivity index (χ1v) is 9.77. The van der Waals surface area contributed by atoms with E-state index >= 15 is 0 Å². The highest BCUT2D eigenvalue weighted by molar-refractivity contribution is 6.04. The summed E-state index contributed by atoms with van der Waals surface area (Å²) in [6.07, 6.45) is 1.41. The first-order valence-electron chi connectivity index (χ1n) is 9.77. The lowest BCUT2D eigenvalue weighted by Crippen LogP contribution is -2.33. The Morgan fingerprint density at radius 1 is 0.964 bits per heavy atom. The molecule has 1 aliphatic heterocycles. The molecule has 0 saturated carbocycles. The van der Waals surface area contributed by atoms with Crippen LogP contribution in [-0.4, -0.2) is 10.9 Å². The van der Waals surface area contributed by atoms with Gasteiger partial charge in [-0.2, -0.15) is 0 Å². The van der Waals surface area contributed by atoms with Crippen molar-refractivity contribution >= 4 is 22.2 Å². The fourth-order valence-electron chi connectivity index (χ4n) is 4.80. The molecule has 0 saturated heterocycles. The minimum atomic E-state index is -0.124. The van der Waals surface area contributed by atoms with Crippen molar-refractivity contribution in [3.05, 3.63) is 83.1 Å². The second kappa shape index (κ2) is 5.96. The van der Waals surface area contributed by atoms with Gasteiger partial charge < -0.3 is 10.4 Å². The molecule has 2 N–H and O–H groups in total. The van der Waals surface area contributed by atoms with Crippen molar-refractivity contribution in [2.24, 2.45) is 5.41 Å². The molecule has 0 aromatic heterocycles. The summed E-state index contributed by atoms with van der Waals surface area (Å²) in [4.78, 5) is 13.3. The number of hydrogen-bond acceptors (Lipinski definition) is 3. The predicted molar refractivity (Wildman–Crippen MR) is 113 cm³/mol. The van der Waals surface area contributed by atoms with E-state index in [1.54, 1.807) is 12.1 Å². The molecule has 1 unspecified atom stereocenters. The molecular weight excluding hydrogens is 346 g/mol. The Balaban J connectivity index is 1.81. The largest absolute Gasteiger partial charge is 0.508 e. The third-order valence-electron chi connectivity index (χ3n) is 5.98. The van der Waals surface area contributed by atoms with Gasteiger partial charge in [0.25, 0.3) is 0 Å². The maximum Gasteiger partial charge on any atom is 0.162 e. The zero-order valence-electron chi connectivity index (χ0n) is 16.1. The number of aromatic hydroxyl groups is 1. The molecule has 1 atom stereocenters. The first kappa shape index (κ1) is 17.1. The first-order chi connectivity index (χ1) is 13.4. The number of nitrogens with one attached hydrogen (secondary N) is 1. The molecule has 3 aromatic rings. The maximum atomic E-state index is 13.3. The highest BCUT2D eigenvalue weighted by Gasteiger charge is 2.41. The summed E-state index contributed by atoms with van der Waals surface area (Å²) in [7, 11) is 0. The van der Waals surface area contributed by atoms with E-state index in [0.717, 1.165) is 39.9 Å². The van der Waals surface area contributed by atoms with Gasteiger partial charge in [-0.3, -0.25) is 4.79 Å². The number of hydrogen-bond donors (Lipinski definition) is 2. The number of benzene rings is 3. The Bertz CT molecular complexity index is 1140. The van der Waals surface area contributed by atoms with Crippen LogP contribution in [0.5, 0.6) is 5.75 Å². The number of phenols is 1. The lowest BCUT2D eigenvalue weighted by molar-refractivity contribution is -0.118. The van der Waals surface area contributed by atoms with Crippen molar-refractivity contribution in [3.63, 3.8) is 0 Å². The Morgan fingerprint density at radius 3 is 2.50 bits per heavy atom. The van der Waals surface area contributed by atoms with E-state index in [2.05, 4.69) is 43.4 Å². The molecule has 1 aliphatic carbocycles. The van der Waals surface area contributed by atoms with Crippen LogP contribution in [-0.2, 0) is 4.79 Å². The standard InChI is InChI=1S/C25H23NO2/c1-25(2)13-20-24(21(28)14-25)22(16-7-10-17(27)11-8-16)23-18-6-4-3-5-15(18)9-12-19(23)26-20/h3-12,22,26-27H,13-14H2,1-2H3. The second-order valence-electron chi connectivity index (χ2n) is 8.73. The van der Waals surface area contributed by atoms with Gasteiger partial charge in [0.15, 0.2) is 5.78 Å². The van der Waals surface area contributed by atoms with Gasteiger partial charge in [0.2, 0.25) is 0 Å². The van der Waals surface area contributed by atoms with Crippen LogP contribution in [0.2, 0.25) is 0 Å². The van der Waals surface area contributed by atoms with E-state index in [0.29, 0.717) is 6.42 Å². The molecule has 2 aliphatic rings. The summed E-state index contributed by atoms with van der Waals surface area (Å²) in [6, 6.07) is 19.9. The van der Waals surface area contributed by atoms with Crippen LogP contribution in [0, 0.1) is 5.41 Å². The van der Waals surface area contributed by atoms with Gasteiger partial charge >= 0.3 is 0 Å².